The molecule has 3 rings (SSSR count). The van der Waals surface area contributed by atoms with Gasteiger partial charge in [0.2, 0.25) is 0 Å². The van der Waals surface area contributed by atoms with E-state index in [4.69, 9.17) is 12.2 Å². The van der Waals surface area contributed by atoms with E-state index in [1.54, 1.807) is 0 Å². The molecular formula is C15H24N4S. The summed E-state index contributed by atoms with van der Waals surface area (Å²) in [5.74, 6) is 0. The largest absolute Gasteiger partial charge is 0.328 e. The van der Waals surface area contributed by atoms with Gasteiger partial charge in [-0.15, -0.1) is 0 Å². The maximum Gasteiger partial charge on any atom is 0.179 e. The predicted molar refractivity (Wildman–Crippen MR) is 84.5 cm³/mol. The number of fused-ring (bicyclic) bond motifs is 1. The van der Waals surface area contributed by atoms with Gasteiger partial charge in [-0.05, 0) is 36.9 Å². The maximum absolute atomic E-state index is 5.56. The molecule has 20 heavy (non-hydrogen) atoms. The molecule has 1 saturated carbocycles. The number of nitrogens with zero attached hydrogens (tertiary/aromatic N) is 3. The Morgan fingerprint density at radius 3 is 2.65 bits per heavy atom. The van der Waals surface area contributed by atoms with E-state index in [2.05, 4.69) is 28.5 Å². The van der Waals surface area contributed by atoms with Gasteiger partial charge in [-0.25, -0.2) is 0 Å². The Bertz CT molecular complexity index is 670. The molecule has 2 aromatic heterocycles. The van der Waals surface area contributed by atoms with Crippen molar-refractivity contribution in [3.05, 3.63) is 10.5 Å². The lowest BCUT2D eigenvalue weighted by molar-refractivity contribution is 0.183. The average molecular weight is 292 g/mol. The van der Waals surface area contributed by atoms with Crippen LogP contribution in [0.2, 0.25) is 0 Å². The van der Waals surface area contributed by atoms with Gasteiger partial charge in [0.15, 0.2) is 10.4 Å². The number of hydrogen-bond acceptors (Lipinski definition) is 2. The van der Waals surface area contributed by atoms with Crippen molar-refractivity contribution in [2.75, 3.05) is 0 Å². The van der Waals surface area contributed by atoms with Crippen molar-refractivity contribution < 1.29 is 0 Å². The Balaban J connectivity index is 2.05. The molecule has 0 spiro atoms. The number of nitrogens with one attached hydrogen (secondary N) is 1. The molecule has 0 aromatic carbocycles. The molecule has 0 aliphatic heterocycles. The zero-order valence-corrected chi connectivity index (χ0v) is 13.5. The number of H-pyrrole nitrogens is 1. The van der Waals surface area contributed by atoms with Crippen LogP contribution in [0.4, 0.5) is 0 Å². The van der Waals surface area contributed by atoms with Crippen molar-refractivity contribution in [3.8, 4) is 0 Å². The first-order chi connectivity index (χ1) is 9.54. The van der Waals surface area contributed by atoms with Crippen LogP contribution in [0.25, 0.3) is 11.2 Å². The molecule has 0 atom stereocenters. The second kappa shape index (κ2) is 5.02. The van der Waals surface area contributed by atoms with Crippen LogP contribution in [0.3, 0.4) is 0 Å². The maximum atomic E-state index is 5.56. The predicted octanol–water partition coefficient (Wildman–Crippen LogP) is 3.97. The van der Waals surface area contributed by atoms with Crippen LogP contribution in [0, 0.1) is 10.2 Å². The van der Waals surface area contributed by atoms with Gasteiger partial charge < -0.3 is 9.55 Å². The molecule has 1 N–H and O–H groups in total. The fourth-order valence-electron chi connectivity index (χ4n) is 3.62. The Hall–Kier alpha value is -1.10. The molecule has 1 aliphatic rings. The van der Waals surface area contributed by atoms with Crippen LogP contribution in [-0.4, -0.2) is 19.3 Å². The molecule has 0 amide bonds. The second-order valence-electron chi connectivity index (χ2n) is 6.51. The van der Waals surface area contributed by atoms with Crippen LogP contribution >= 0.6 is 12.2 Å². The minimum atomic E-state index is 0.377. The molecular weight excluding hydrogens is 268 g/mol. The number of hydrogen-bond donors (Lipinski definition) is 1. The molecule has 1 fully saturated rings. The summed E-state index contributed by atoms with van der Waals surface area (Å²) in [6.07, 6.45) is 7.63. The van der Waals surface area contributed by atoms with Crippen LogP contribution in [0.15, 0.2) is 0 Å². The zero-order chi connectivity index (χ0) is 14.3. The summed E-state index contributed by atoms with van der Waals surface area (Å²) in [6, 6.07) is 0. The average Bonchev–Trinajstić information content (AvgIpc) is 2.89. The lowest BCUT2D eigenvalue weighted by Crippen LogP contribution is -2.26. The highest BCUT2D eigenvalue weighted by Crippen LogP contribution is 2.38. The normalized spacial score (nSPS) is 18.8. The number of imidazole rings is 1. The fourth-order valence-corrected chi connectivity index (χ4v) is 3.87. The lowest BCUT2D eigenvalue weighted by Gasteiger charge is -2.33. The summed E-state index contributed by atoms with van der Waals surface area (Å²) in [7, 11) is 2.02. The Kier molecular flexibility index (Phi) is 3.48. The van der Waals surface area contributed by atoms with Gasteiger partial charge in [-0.2, -0.15) is 5.10 Å². The number of rotatable bonds is 3. The molecule has 0 radical (unpaired) electrons. The quantitative estimate of drug-likeness (QED) is 0.869. The molecule has 0 unspecified atom stereocenters. The summed E-state index contributed by atoms with van der Waals surface area (Å²) in [5, 5.41) is 4.60. The van der Waals surface area contributed by atoms with E-state index in [1.807, 2.05) is 11.7 Å². The minimum Gasteiger partial charge on any atom is -0.328 e. The third-order valence-corrected chi connectivity index (χ3v) is 5.08. The first-order valence-corrected chi connectivity index (χ1v) is 8.09. The summed E-state index contributed by atoms with van der Waals surface area (Å²) in [4.78, 5) is 3.37. The Morgan fingerprint density at radius 2 is 2.00 bits per heavy atom. The highest BCUT2D eigenvalue weighted by Gasteiger charge is 2.29. The standard InChI is InChI=1S/C15H24N4S/c1-4-11-12-13(18(3)17-11)19(14(20)16-12)10-15(2)8-6-5-7-9-15/h4-10H2,1-3H3,(H,16,20). The van der Waals surface area contributed by atoms with Gasteiger partial charge in [0.25, 0.3) is 0 Å². The van der Waals surface area contributed by atoms with E-state index in [-0.39, 0.29) is 0 Å². The van der Waals surface area contributed by atoms with Crippen LogP contribution < -0.4 is 0 Å². The molecule has 1 aliphatic carbocycles. The summed E-state index contributed by atoms with van der Waals surface area (Å²) in [6.45, 7) is 5.55. The Morgan fingerprint density at radius 1 is 1.30 bits per heavy atom. The highest BCUT2D eigenvalue weighted by molar-refractivity contribution is 7.71. The van der Waals surface area contributed by atoms with Crippen molar-refractivity contribution >= 4 is 23.4 Å². The number of aryl methyl sites for hydroxylation is 2. The van der Waals surface area contributed by atoms with Gasteiger partial charge >= 0.3 is 0 Å². The van der Waals surface area contributed by atoms with E-state index in [0.29, 0.717) is 5.41 Å². The van der Waals surface area contributed by atoms with Crippen molar-refractivity contribution in [2.45, 2.75) is 58.9 Å². The topological polar surface area (TPSA) is 38.5 Å². The first kappa shape index (κ1) is 13.9. The molecule has 5 heteroatoms. The lowest BCUT2D eigenvalue weighted by atomic mass is 9.75. The van der Waals surface area contributed by atoms with E-state index in [0.717, 1.165) is 34.6 Å². The van der Waals surface area contributed by atoms with Gasteiger partial charge in [-0.1, -0.05) is 33.1 Å². The highest BCUT2D eigenvalue weighted by atomic mass is 32.1. The van der Waals surface area contributed by atoms with E-state index in [9.17, 15) is 0 Å². The number of aromatic amines is 1. The summed E-state index contributed by atoms with van der Waals surface area (Å²) in [5.41, 5.74) is 3.77. The van der Waals surface area contributed by atoms with E-state index < -0.39 is 0 Å². The van der Waals surface area contributed by atoms with Crippen molar-refractivity contribution in [2.24, 2.45) is 12.5 Å². The molecule has 4 nitrogen and oxygen atoms in total. The Labute approximate surface area is 125 Å². The third-order valence-electron chi connectivity index (χ3n) is 4.76. The third kappa shape index (κ3) is 2.22. The minimum absolute atomic E-state index is 0.377. The zero-order valence-electron chi connectivity index (χ0n) is 12.7. The van der Waals surface area contributed by atoms with E-state index in [1.165, 1.54) is 32.1 Å². The first-order valence-electron chi connectivity index (χ1n) is 7.68. The van der Waals surface area contributed by atoms with Crippen LogP contribution in [0.5, 0.6) is 0 Å². The summed E-state index contributed by atoms with van der Waals surface area (Å²) >= 11 is 5.56. The molecule has 110 valence electrons. The van der Waals surface area contributed by atoms with Gasteiger partial charge in [0.1, 0.15) is 5.52 Å². The second-order valence-corrected chi connectivity index (χ2v) is 6.90. The van der Waals surface area contributed by atoms with E-state index >= 15 is 0 Å². The van der Waals surface area contributed by atoms with Crippen molar-refractivity contribution in [1.82, 2.24) is 19.3 Å². The molecule has 0 saturated heterocycles. The van der Waals surface area contributed by atoms with Crippen LogP contribution in [-0.2, 0) is 20.0 Å². The monoisotopic (exact) mass is 292 g/mol. The van der Waals surface area contributed by atoms with Gasteiger partial charge in [0, 0.05) is 13.6 Å². The van der Waals surface area contributed by atoms with Crippen LogP contribution in [0.1, 0.15) is 51.6 Å². The summed E-state index contributed by atoms with van der Waals surface area (Å²) < 4.78 is 5.09. The molecule has 2 aromatic rings. The van der Waals surface area contributed by atoms with Gasteiger partial charge in [-0.3, -0.25) is 4.68 Å². The fraction of sp³-hybridized carbons (Fsp3) is 0.733. The molecule has 0 bridgehead atoms. The van der Waals surface area contributed by atoms with Crippen molar-refractivity contribution in [1.29, 1.82) is 0 Å². The number of aromatic nitrogens is 4. The SMILES string of the molecule is CCc1nn(C)c2c1[nH]c(=S)n2CC1(C)CCCCC1. The molecule has 2 heterocycles. The van der Waals surface area contributed by atoms with Gasteiger partial charge in [0.05, 0.1) is 5.69 Å². The smallest absolute Gasteiger partial charge is 0.179 e. The van der Waals surface area contributed by atoms with Crippen molar-refractivity contribution in [3.63, 3.8) is 0 Å².